The quantitative estimate of drug-likeness (QED) is 0.0778. The number of rotatable bonds is 12. The number of H-pyrrole nitrogens is 1. The highest BCUT2D eigenvalue weighted by Gasteiger charge is 2.50. The van der Waals surface area contributed by atoms with Gasteiger partial charge in [0.25, 0.3) is 21.6 Å². The fourth-order valence-corrected chi connectivity index (χ4v) is 13.3. The predicted octanol–water partition coefficient (Wildman–Crippen LogP) is 8.68. The van der Waals surface area contributed by atoms with Gasteiger partial charge in [-0.1, -0.05) is 24.3 Å². The Morgan fingerprint density at radius 1 is 0.931 bits per heavy atom. The van der Waals surface area contributed by atoms with E-state index in [1.807, 2.05) is 41.4 Å². The number of amides is 1. The molecule has 5 fully saturated rings. The van der Waals surface area contributed by atoms with Gasteiger partial charge in [-0.25, -0.2) is 13.1 Å². The smallest absolute Gasteiger partial charge is 0.293 e. The van der Waals surface area contributed by atoms with Crippen LogP contribution in [0.15, 0.2) is 102 Å². The number of nitro benzene ring substituents is 1. The molecule has 3 aromatic carbocycles. The van der Waals surface area contributed by atoms with Crippen LogP contribution in [-0.4, -0.2) is 110 Å². The number of piperidine rings is 1. The number of ether oxygens (including phenoxy) is 3. The molecule has 3 aromatic heterocycles. The third kappa shape index (κ3) is 8.71. The first-order valence-corrected chi connectivity index (χ1v) is 26.8. The van der Waals surface area contributed by atoms with Crippen molar-refractivity contribution in [3.63, 3.8) is 0 Å². The molecule has 0 bridgehead atoms. The van der Waals surface area contributed by atoms with Crippen molar-refractivity contribution >= 4 is 55.4 Å². The molecule has 4 saturated heterocycles. The molecule has 1 saturated carbocycles. The summed E-state index contributed by atoms with van der Waals surface area (Å²) < 4.78 is 48.4. The second-order valence-electron chi connectivity index (χ2n) is 20.6. The van der Waals surface area contributed by atoms with Crippen LogP contribution in [0.25, 0.3) is 22.3 Å². The largest absolute Gasteiger partial charge is 0.468 e. The lowest BCUT2D eigenvalue weighted by atomic mass is 9.59. The maximum absolute atomic E-state index is 14.6. The lowest BCUT2D eigenvalue weighted by Gasteiger charge is -2.56. The van der Waals surface area contributed by atoms with Crippen molar-refractivity contribution < 1.29 is 32.3 Å². The number of nitrogens with zero attached hydrogens (tertiary/aromatic N) is 6. The van der Waals surface area contributed by atoms with Gasteiger partial charge in [-0.05, 0) is 142 Å². The fourth-order valence-electron chi connectivity index (χ4n) is 12.3. The number of aromatic amines is 1. The SMILES string of the molecule is Cc1ccnc(-c2ccccc2[C@@H]2CCCN2C2CC3(CCN(c4ccc(C(=O)NS(=O)(=O)c5ccc(NCC6CCOCC6)c([N+](=O)[O-])c5)c(N5c6cc7cc[nH]c7nc6O[C@@H]6COC[C@H]65)c4)CC3)C2)c1. The van der Waals surface area contributed by atoms with Gasteiger partial charge in [0.1, 0.15) is 23.1 Å². The minimum absolute atomic E-state index is 0.106. The Hall–Kier alpha value is -6.60. The molecule has 6 aliphatic rings. The molecule has 374 valence electrons. The highest BCUT2D eigenvalue weighted by atomic mass is 32.2. The molecule has 12 rings (SSSR count). The number of nitro groups is 1. The zero-order valence-electron chi connectivity index (χ0n) is 40.3. The summed E-state index contributed by atoms with van der Waals surface area (Å²) in [5.41, 5.74) is 7.65. The molecular weight excluding hydrogens is 935 g/mol. The Balaban J connectivity index is 0.807. The first kappa shape index (κ1) is 46.5. The van der Waals surface area contributed by atoms with E-state index < -0.39 is 37.5 Å². The molecular formula is C54H59N9O8S. The number of fused-ring (bicyclic) bond motifs is 3. The Morgan fingerprint density at radius 2 is 1.76 bits per heavy atom. The van der Waals surface area contributed by atoms with E-state index in [-0.39, 0.29) is 28.6 Å². The third-order valence-corrected chi connectivity index (χ3v) is 17.6. The zero-order chi connectivity index (χ0) is 49.1. The molecule has 18 heteroatoms. The van der Waals surface area contributed by atoms with Gasteiger partial charge >= 0.3 is 0 Å². The monoisotopic (exact) mass is 993 g/mol. The van der Waals surface area contributed by atoms with Crippen molar-refractivity contribution in [3.05, 3.63) is 124 Å². The van der Waals surface area contributed by atoms with E-state index in [0.717, 1.165) is 87.4 Å². The van der Waals surface area contributed by atoms with Crippen LogP contribution >= 0.6 is 0 Å². The number of aromatic nitrogens is 3. The molecule has 1 aliphatic carbocycles. The number of nitrogens with one attached hydrogen (secondary N) is 3. The van der Waals surface area contributed by atoms with Gasteiger partial charge in [0.2, 0.25) is 5.88 Å². The van der Waals surface area contributed by atoms with Gasteiger partial charge in [-0.3, -0.25) is 24.8 Å². The summed E-state index contributed by atoms with van der Waals surface area (Å²) in [6.07, 6.45) is 11.7. The second-order valence-corrected chi connectivity index (χ2v) is 22.3. The maximum atomic E-state index is 14.6. The number of sulfonamides is 1. The summed E-state index contributed by atoms with van der Waals surface area (Å²) >= 11 is 0. The normalized spacial score (nSPS) is 22.3. The molecule has 3 N–H and O–H groups in total. The molecule has 6 aromatic rings. The van der Waals surface area contributed by atoms with Crippen molar-refractivity contribution in [1.82, 2.24) is 24.6 Å². The number of benzene rings is 3. The standard InChI is InChI=1S/C54H59N9O8S/c1-34-12-18-55-44(25-34)40-5-2-3-6-41(40)45-7-4-20-61(45)38-29-54(30-38)16-21-60(22-17-54)37-8-10-42(46(27-37)62-48-26-36-13-19-56-51(36)58-53(48)71-50-33-70-32-49(50)62)52(64)59-72(67,68)39-9-11-43(47(28-39)63(65)66)57-31-35-14-23-69-24-15-35/h2-3,5-6,8-13,18-19,25-28,35,38,45,49-50,57H,4,7,14-17,20-24,29-33H2,1H3,(H,56,58)(H,59,64)/t45-,49+,50+/m0/s1. The molecule has 17 nitrogen and oxygen atoms in total. The summed E-state index contributed by atoms with van der Waals surface area (Å²) in [7, 11) is -4.60. The van der Waals surface area contributed by atoms with Gasteiger partial charge in [-0.15, -0.1) is 0 Å². The van der Waals surface area contributed by atoms with Crippen molar-refractivity contribution in [1.29, 1.82) is 0 Å². The Kier molecular flexibility index (Phi) is 12.1. The van der Waals surface area contributed by atoms with Crippen LogP contribution < -0.4 is 24.6 Å². The van der Waals surface area contributed by atoms with Gasteiger partial charge < -0.3 is 34.3 Å². The maximum Gasteiger partial charge on any atom is 0.293 e. The molecule has 0 unspecified atom stereocenters. The van der Waals surface area contributed by atoms with E-state index in [4.69, 9.17) is 24.2 Å². The fraction of sp³-hybridized carbons (Fsp3) is 0.426. The molecule has 3 atom stereocenters. The first-order valence-electron chi connectivity index (χ1n) is 25.3. The molecule has 72 heavy (non-hydrogen) atoms. The van der Waals surface area contributed by atoms with E-state index in [2.05, 4.69) is 62.1 Å². The zero-order valence-corrected chi connectivity index (χ0v) is 41.1. The van der Waals surface area contributed by atoms with Crippen LogP contribution in [0.4, 0.5) is 28.4 Å². The van der Waals surface area contributed by atoms with Crippen LogP contribution in [0.1, 0.15) is 78.9 Å². The number of likely N-dealkylation sites (tertiary alicyclic amines) is 1. The molecule has 1 spiro atoms. The number of hydrogen-bond donors (Lipinski definition) is 3. The van der Waals surface area contributed by atoms with E-state index in [9.17, 15) is 23.3 Å². The van der Waals surface area contributed by atoms with Crippen molar-refractivity contribution in [2.24, 2.45) is 11.3 Å². The van der Waals surface area contributed by atoms with Crippen molar-refractivity contribution in [2.45, 2.75) is 87.4 Å². The van der Waals surface area contributed by atoms with E-state index in [0.29, 0.717) is 68.0 Å². The lowest BCUT2D eigenvalue weighted by Crippen LogP contribution is -2.55. The second kappa shape index (κ2) is 18.8. The number of carbonyl (C=O) groups excluding carboxylic acids is 1. The summed E-state index contributed by atoms with van der Waals surface area (Å²) in [6, 6.07) is 26.7. The van der Waals surface area contributed by atoms with Crippen molar-refractivity contribution in [3.8, 4) is 17.1 Å². The number of pyridine rings is 2. The summed E-state index contributed by atoms with van der Waals surface area (Å²) in [4.78, 5) is 45.8. The third-order valence-electron chi connectivity index (χ3n) is 16.2. The van der Waals surface area contributed by atoms with Crippen molar-refractivity contribution in [2.75, 3.05) is 67.7 Å². The van der Waals surface area contributed by atoms with Gasteiger partial charge in [0.05, 0.1) is 46.0 Å². The van der Waals surface area contributed by atoms with E-state index in [1.54, 1.807) is 12.3 Å². The lowest BCUT2D eigenvalue weighted by molar-refractivity contribution is -0.384. The number of aryl methyl sites for hydroxylation is 1. The Bertz CT molecular complexity index is 3160. The van der Waals surface area contributed by atoms with Crippen LogP contribution in [0, 0.1) is 28.4 Å². The van der Waals surface area contributed by atoms with Crippen LogP contribution in [0.2, 0.25) is 0 Å². The molecule has 0 radical (unpaired) electrons. The van der Waals surface area contributed by atoms with Crippen LogP contribution in [0.3, 0.4) is 0 Å². The molecule has 5 aliphatic heterocycles. The number of carbonyl (C=O) groups is 1. The predicted molar refractivity (Wildman–Crippen MR) is 273 cm³/mol. The summed E-state index contributed by atoms with van der Waals surface area (Å²) in [5, 5.41) is 16.3. The van der Waals surface area contributed by atoms with Gasteiger partial charge in [0, 0.05) is 80.0 Å². The topological polar surface area (TPSA) is 197 Å². The highest BCUT2D eigenvalue weighted by Crippen LogP contribution is 2.55. The van der Waals surface area contributed by atoms with Gasteiger partial charge in [-0.2, -0.15) is 4.98 Å². The minimum Gasteiger partial charge on any atom is -0.468 e. The summed E-state index contributed by atoms with van der Waals surface area (Å²) in [6.45, 7) is 7.22. The minimum atomic E-state index is -4.60. The molecule has 1 amide bonds. The average molecular weight is 994 g/mol. The number of anilines is 4. The highest BCUT2D eigenvalue weighted by molar-refractivity contribution is 7.90. The number of hydrogen-bond acceptors (Lipinski definition) is 14. The Morgan fingerprint density at radius 3 is 2.58 bits per heavy atom. The average Bonchev–Trinajstić information content (AvgIpc) is 4.18. The Labute approximate surface area is 418 Å². The van der Waals surface area contributed by atoms with Crippen LogP contribution in [-0.2, 0) is 19.5 Å². The molecule has 8 heterocycles. The van der Waals surface area contributed by atoms with Crippen LogP contribution in [0.5, 0.6) is 5.88 Å². The summed E-state index contributed by atoms with van der Waals surface area (Å²) in [5.74, 6) is -0.241. The van der Waals surface area contributed by atoms with Gasteiger partial charge in [0.15, 0.2) is 0 Å². The van der Waals surface area contributed by atoms with E-state index in [1.165, 1.54) is 35.2 Å². The van der Waals surface area contributed by atoms with E-state index >= 15 is 0 Å². The first-order chi connectivity index (χ1) is 35.0.